The Morgan fingerprint density at radius 2 is 1.27 bits per heavy atom. The number of carbonyl (C=O) groups is 2. The van der Waals surface area contributed by atoms with Crippen LogP contribution in [0.2, 0.25) is 0 Å². The van der Waals surface area contributed by atoms with Crippen molar-refractivity contribution in [2.24, 2.45) is 15.3 Å². The number of hydrogen-bond donors (Lipinski definition) is 3. The first-order valence-electron chi connectivity index (χ1n) is 15.9. The number of nitrogens with zero attached hydrogens (tertiary/aromatic N) is 5. The molecule has 0 saturated heterocycles. The molecule has 11 heteroatoms. The number of nitrogens with one attached hydrogen (secondary N) is 3. The summed E-state index contributed by atoms with van der Waals surface area (Å²) in [6.07, 6.45) is 0. The monoisotopic (exact) mass is 732 g/mol. The molecule has 251 valence electrons. The van der Waals surface area contributed by atoms with Crippen LogP contribution in [0.4, 0.5) is 22.7 Å². The molecule has 1 aliphatic heterocycles. The summed E-state index contributed by atoms with van der Waals surface area (Å²) in [7, 11) is 0. The molecule has 0 aliphatic carbocycles. The molecule has 0 bridgehead atoms. The number of benzene rings is 4. The van der Waals surface area contributed by atoms with Crippen LogP contribution >= 0.6 is 0 Å². The van der Waals surface area contributed by atoms with E-state index >= 15 is 0 Å². The van der Waals surface area contributed by atoms with E-state index < -0.39 is 5.91 Å². The van der Waals surface area contributed by atoms with E-state index in [1.54, 1.807) is 31.2 Å². The predicted molar refractivity (Wildman–Crippen MR) is 202 cm³/mol. The van der Waals surface area contributed by atoms with Crippen molar-refractivity contribution in [3.8, 4) is 11.1 Å². The number of hydrazone groups is 3. The van der Waals surface area contributed by atoms with E-state index in [4.69, 9.17) is 0 Å². The number of para-hydroxylation sites is 2. The van der Waals surface area contributed by atoms with Crippen molar-refractivity contribution in [3.05, 3.63) is 114 Å². The smallest absolute Gasteiger partial charge is 0.301 e. The summed E-state index contributed by atoms with van der Waals surface area (Å²) < 4.78 is 0. The first kappa shape index (κ1) is 40.4. The van der Waals surface area contributed by atoms with Crippen LogP contribution in [0.3, 0.4) is 0 Å². The number of hydrogen-bond acceptors (Lipinski definition) is 7. The molecule has 1 aliphatic rings. The molecule has 4 aromatic rings. The molecule has 0 unspecified atom stereocenters. The molecule has 49 heavy (non-hydrogen) atoms. The quantitative estimate of drug-likeness (QED) is 0.117. The van der Waals surface area contributed by atoms with Crippen molar-refractivity contribution in [2.75, 3.05) is 21.2 Å². The molecular weight excluding hydrogens is 689 g/mol. The third kappa shape index (κ3) is 10.6. The maximum Gasteiger partial charge on any atom is 0.301 e. The zero-order valence-electron chi connectivity index (χ0n) is 29.4. The van der Waals surface area contributed by atoms with Crippen molar-refractivity contribution in [1.29, 1.82) is 0 Å². The number of aryl methyl sites for hydroxylation is 2. The van der Waals surface area contributed by atoms with Gasteiger partial charge in [0.25, 0.3) is 5.91 Å². The van der Waals surface area contributed by atoms with Crippen molar-refractivity contribution >= 4 is 57.4 Å². The molecular formula is C38H43N8O2Y-. The van der Waals surface area contributed by atoms with Gasteiger partial charge in [-0.05, 0) is 91.6 Å². The molecule has 0 aromatic heterocycles. The first-order valence-corrected chi connectivity index (χ1v) is 15.9. The van der Waals surface area contributed by atoms with Crippen LogP contribution in [0.5, 0.6) is 0 Å². The second-order valence-electron chi connectivity index (χ2n) is 10.2. The third-order valence-corrected chi connectivity index (χ3v) is 6.94. The van der Waals surface area contributed by atoms with E-state index in [2.05, 4.69) is 31.5 Å². The van der Waals surface area contributed by atoms with Gasteiger partial charge in [-0.2, -0.15) is 26.0 Å². The Bertz CT molecular complexity index is 1780. The Morgan fingerprint density at radius 3 is 1.78 bits per heavy atom. The normalized spacial score (nSPS) is 12.8. The molecule has 0 saturated carbocycles. The average Bonchev–Trinajstić information content (AvgIpc) is 3.39. The molecule has 4 aromatic carbocycles. The van der Waals surface area contributed by atoms with Crippen molar-refractivity contribution in [1.82, 2.24) is 0 Å². The second-order valence-corrected chi connectivity index (χ2v) is 10.2. The molecule has 1 heterocycles. The Balaban J connectivity index is 0.00000161. The fourth-order valence-electron chi connectivity index (χ4n) is 4.55. The summed E-state index contributed by atoms with van der Waals surface area (Å²) >= 11 is 0. The summed E-state index contributed by atoms with van der Waals surface area (Å²) in [5.41, 5.74) is 13.0. The van der Waals surface area contributed by atoms with Crippen LogP contribution in [-0.4, -0.2) is 34.7 Å². The Labute approximate surface area is 314 Å². The summed E-state index contributed by atoms with van der Waals surface area (Å²) in [4.78, 5) is 25.6. The summed E-state index contributed by atoms with van der Waals surface area (Å²) in [5.74, 6) is -0.819. The van der Waals surface area contributed by atoms with Crippen molar-refractivity contribution in [3.63, 3.8) is 0 Å². The zero-order chi connectivity index (χ0) is 35.2. The van der Waals surface area contributed by atoms with Gasteiger partial charge in [-0.15, -0.1) is 0 Å². The molecule has 2 amide bonds. The largest absolute Gasteiger partial charge is 0.806 e. The topological polar surface area (TPSA) is 133 Å². The SMILES string of the molecule is CC.CC.CC(=[N-])/C(=N\Nc1ccc(-c2ccc(N/N=C3/C(=O)N(c4ccccc4)N=C3C)c(C)c2)cc1C)C(=O)Nc1ccccc1.[Y]. The predicted octanol–water partition coefficient (Wildman–Crippen LogP) is 8.65. The Kier molecular flexibility index (Phi) is 16.4. The second kappa shape index (κ2) is 19.9. The van der Waals surface area contributed by atoms with Gasteiger partial charge in [0.15, 0.2) is 5.71 Å². The van der Waals surface area contributed by atoms with Gasteiger partial charge in [0.2, 0.25) is 0 Å². The molecule has 3 N–H and O–H groups in total. The summed E-state index contributed by atoms with van der Waals surface area (Å²) in [5, 5.41) is 27.1. The van der Waals surface area contributed by atoms with E-state index in [-0.39, 0.29) is 55.8 Å². The van der Waals surface area contributed by atoms with E-state index in [1.165, 1.54) is 11.9 Å². The average molecular weight is 733 g/mol. The molecule has 0 spiro atoms. The van der Waals surface area contributed by atoms with Crippen LogP contribution < -0.4 is 21.2 Å². The standard InChI is InChI=1S/C34H31N8O2.2C2H6.Y/c1-21-19-25(15-17-29(21)37-39-31(23(3)35)33(43)36-27-11-7-5-8-12-27)26-16-18-30(22(2)20-26)38-40-32-24(4)41-42(34(32)44)28-13-9-6-10-14-28;2*1-2;/h5-20,37-38H,1-4H3,(H,36,43);2*1-2H3;/q-1;;;/b39-31+,40-32+;;;. The fraction of sp³-hybridized carbons (Fsp3) is 0.211. The molecule has 0 atom stereocenters. The zero-order valence-corrected chi connectivity index (χ0v) is 32.2. The Hall–Kier alpha value is -4.80. The minimum Gasteiger partial charge on any atom is -0.806 e. The van der Waals surface area contributed by atoms with Crippen LogP contribution in [0, 0.1) is 13.8 Å². The molecule has 1 radical (unpaired) electrons. The number of rotatable bonds is 9. The van der Waals surface area contributed by atoms with Crippen molar-refractivity contribution in [2.45, 2.75) is 55.4 Å². The molecule has 5 rings (SSSR count). The third-order valence-electron chi connectivity index (χ3n) is 6.94. The number of amides is 2. The first-order chi connectivity index (χ1) is 23.2. The molecule has 10 nitrogen and oxygen atoms in total. The Morgan fingerprint density at radius 1 is 0.755 bits per heavy atom. The van der Waals surface area contributed by atoms with Gasteiger partial charge in [-0.25, -0.2) is 0 Å². The van der Waals surface area contributed by atoms with Gasteiger partial charge >= 0.3 is 5.91 Å². The van der Waals surface area contributed by atoms with Crippen LogP contribution in [-0.2, 0) is 42.3 Å². The van der Waals surface area contributed by atoms with Gasteiger partial charge in [0, 0.05) is 38.4 Å². The van der Waals surface area contributed by atoms with Crippen LogP contribution in [0.1, 0.15) is 52.7 Å². The van der Waals surface area contributed by atoms with E-state index in [0.29, 0.717) is 22.8 Å². The van der Waals surface area contributed by atoms with Crippen LogP contribution in [0.15, 0.2) is 112 Å². The fourth-order valence-corrected chi connectivity index (χ4v) is 4.55. The van der Waals surface area contributed by atoms with Gasteiger partial charge in [-0.1, -0.05) is 83.1 Å². The van der Waals surface area contributed by atoms with Crippen LogP contribution in [0.25, 0.3) is 16.5 Å². The number of carbonyl (C=O) groups excluding carboxylic acids is 2. The van der Waals surface area contributed by atoms with E-state index in [0.717, 1.165) is 27.9 Å². The summed E-state index contributed by atoms with van der Waals surface area (Å²) in [6.45, 7) is 15.1. The van der Waals surface area contributed by atoms with E-state index in [1.807, 2.05) is 114 Å². The minimum absolute atomic E-state index is 0. The van der Waals surface area contributed by atoms with Gasteiger partial charge < -0.3 is 10.7 Å². The van der Waals surface area contributed by atoms with E-state index in [9.17, 15) is 15.0 Å². The van der Waals surface area contributed by atoms with Gasteiger partial charge in [0.05, 0.1) is 22.8 Å². The maximum atomic E-state index is 12.9. The minimum atomic E-state index is -0.527. The number of anilines is 4. The molecule has 0 fully saturated rings. The van der Waals surface area contributed by atoms with Crippen molar-refractivity contribution < 1.29 is 42.3 Å². The van der Waals surface area contributed by atoms with Gasteiger partial charge in [-0.3, -0.25) is 20.4 Å². The van der Waals surface area contributed by atoms with Gasteiger partial charge in [0.1, 0.15) is 5.71 Å². The summed E-state index contributed by atoms with van der Waals surface area (Å²) in [6, 6.07) is 29.9. The maximum absolute atomic E-state index is 12.9.